The van der Waals surface area contributed by atoms with Crippen LogP contribution in [-0.4, -0.2) is 11.9 Å². The molecule has 26 heavy (non-hydrogen) atoms. The number of hydrogen-bond donors (Lipinski definition) is 2. The summed E-state index contributed by atoms with van der Waals surface area (Å²) in [5, 5.41) is 3.04. The molecule has 1 fully saturated rings. The van der Waals surface area contributed by atoms with Crippen LogP contribution in [0, 0.1) is 5.92 Å². The molecule has 0 heterocycles. The summed E-state index contributed by atoms with van der Waals surface area (Å²) in [6.07, 6.45) is 3.60. The van der Waals surface area contributed by atoms with Gasteiger partial charge in [0.15, 0.2) is 0 Å². The minimum absolute atomic E-state index is 0. The van der Waals surface area contributed by atoms with Crippen LogP contribution in [0.25, 0.3) is 0 Å². The second kappa shape index (κ2) is 9.60. The summed E-state index contributed by atoms with van der Waals surface area (Å²) in [5.74, 6) is 0.717. The smallest absolute Gasteiger partial charge is 0.227 e. The molecule has 1 aliphatic rings. The van der Waals surface area contributed by atoms with Crippen molar-refractivity contribution >= 4 is 24.0 Å². The van der Waals surface area contributed by atoms with Crippen LogP contribution in [0.4, 0.5) is 5.69 Å². The first-order valence-electron chi connectivity index (χ1n) is 9.00. The minimum Gasteiger partial charge on any atom is -0.484 e. The molecule has 1 saturated carbocycles. The topological polar surface area (TPSA) is 64.3 Å². The summed E-state index contributed by atoms with van der Waals surface area (Å²) in [7, 11) is 0. The Morgan fingerprint density at radius 2 is 1.81 bits per heavy atom. The Morgan fingerprint density at radius 3 is 2.54 bits per heavy atom. The summed E-state index contributed by atoms with van der Waals surface area (Å²) in [5.41, 5.74) is 7.83. The van der Waals surface area contributed by atoms with Gasteiger partial charge in [-0.05, 0) is 43.9 Å². The predicted molar refractivity (Wildman–Crippen MR) is 108 cm³/mol. The molecule has 0 aromatic heterocycles. The monoisotopic (exact) mass is 374 g/mol. The van der Waals surface area contributed by atoms with Gasteiger partial charge in [0.2, 0.25) is 5.91 Å². The van der Waals surface area contributed by atoms with Gasteiger partial charge in [0.1, 0.15) is 11.9 Å². The van der Waals surface area contributed by atoms with E-state index in [4.69, 9.17) is 10.5 Å². The fourth-order valence-electron chi connectivity index (χ4n) is 3.36. The zero-order chi connectivity index (χ0) is 17.6. The number of anilines is 1. The van der Waals surface area contributed by atoms with Gasteiger partial charge in [-0.25, -0.2) is 0 Å². The van der Waals surface area contributed by atoms with Gasteiger partial charge in [0, 0.05) is 12.0 Å². The molecule has 3 atom stereocenters. The number of ether oxygens (including phenoxy) is 1. The summed E-state index contributed by atoms with van der Waals surface area (Å²) >= 11 is 0. The van der Waals surface area contributed by atoms with Crippen molar-refractivity contribution < 1.29 is 9.53 Å². The number of carbonyl (C=O) groups is 1. The van der Waals surface area contributed by atoms with Gasteiger partial charge in [0.25, 0.3) is 0 Å². The standard InChI is InChI=1S/C21H26N2O2.ClH/c1-15(16-8-3-2-4-9-16)25-20-13-6-5-12-19(20)23-21(24)17-10-7-11-18(22)14-17;/h2-6,8-9,12-13,15,17-18H,7,10-11,14,22H2,1H3,(H,23,24);1H. The Bertz CT molecular complexity index is 708. The highest BCUT2D eigenvalue weighted by molar-refractivity contribution is 5.94. The molecular weight excluding hydrogens is 348 g/mol. The van der Waals surface area contributed by atoms with E-state index in [1.807, 2.05) is 61.5 Å². The lowest BCUT2D eigenvalue weighted by Gasteiger charge is -2.26. The van der Waals surface area contributed by atoms with E-state index in [1.165, 1.54) is 0 Å². The van der Waals surface area contributed by atoms with Gasteiger partial charge in [0.05, 0.1) is 5.69 Å². The zero-order valence-corrected chi connectivity index (χ0v) is 15.9. The van der Waals surface area contributed by atoms with E-state index in [9.17, 15) is 4.79 Å². The Hall–Kier alpha value is -2.04. The minimum atomic E-state index is -0.0950. The fourth-order valence-corrected chi connectivity index (χ4v) is 3.36. The third kappa shape index (κ3) is 5.23. The molecule has 2 aromatic carbocycles. The highest BCUT2D eigenvalue weighted by Gasteiger charge is 2.26. The third-order valence-electron chi connectivity index (χ3n) is 4.80. The maximum atomic E-state index is 12.6. The van der Waals surface area contributed by atoms with Crippen LogP contribution in [0.1, 0.15) is 44.3 Å². The molecule has 0 spiro atoms. The molecule has 140 valence electrons. The van der Waals surface area contributed by atoms with Crippen molar-refractivity contribution in [3.63, 3.8) is 0 Å². The predicted octanol–water partition coefficient (Wildman–Crippen LogP) is 4.70. The van der Waals surface area contributed by atoms with E-state index in [-0.39, 0.29) is 36.4 Å². The Kier molecular flexibility index (Phi) is 7.49. The SMILES string of the molecule is CC(Oc1ccccc1NC(=O)C1CCCC(N)C1)c1ccccc1.Cl. The van der Waals surface area contributed by atoms with E-state index < -0.39 is 0 Å². The number of carbonyl (C=O) groups excluding carboxylic acids is 1. The number of amides is 1. The quantitative estimate of drug-likeness (QED) is 0.796. The van der Waals surface area contributed by atoms with Gasteiger partial charge in [-0.3, -0.25) is 4.79 Å². The highest BCUT2D eigenvalue weighted by Crippen LogP contribution is 2.31. The fraction of sp³-hybridized carbons (Fsp3) is 0.381. The number of halogens is 1. The maximum absolute atomic E-state index is 12.6. The molecule has 1 amide bonds. The van der Waals surface area contributed by atoms with Crippen molar-refractivity contribution in [2.45, 2.75) is 44.8 Å². The lowest BCUT2D eigenvalue weighted by atomic mass is 9.85. The van der Waals surface area contributed by atoms with Crippen LogP contribution in [0.3, 0.4) is 0 Å². The molecule has 2 aromatic rings. The van der Waals surface area contributed by atoms with Gasteiger partial charge >= 0.3 is 0 Å². The van der Waals surface area contributed by atoms with Crippen LogP contribution >= 0.6 is 12.4 Å². The van der Waals surface area contributed by atoms with Crippen molar-refractivity contribution in [1.29, 1.82) is 0 Å². The first kappa shape index (κ1) is 20.3. The molecule has 4 nitrogen and oxygen atoms in total. The van der Waals surface area contributed by atoms with Crippen molar-refractivity contribution in [2.24, 2.45) is 11.7 Å². The molecular formula is C21H27ClN2O2. The van der Waals surface area contributed by atoms with E-state index in [0.717, 1.165) is 36.9 Å². The number of benzene rings is 2. The summed E-state index contributed by atoms with van der Waals surface area (Å²) < 4.78 is 6.10. The number of rotatable bonds is 5. The first-order chi connectivity index (χ1) is 12.1. The number of nitrogens with one attached hydrogen (secondary N) is 1. The van der Waals surface area contributed by atoms with E-state index in [0.29, 0.717) is 5.75 Å². The Labute approximate surface area is 161 Å². The van der Waals surface area contributed by atoms with Crippen molar-refractivity contribution in [3.05, 3.63) is 60.2 Å². The van der Waals surface area contributed by atoms with Crippen LogP contribution in [0.15, 0.2) is 54.6 Å². The summed E-state index contributed by atoms with van der Waals surface area (Å²) in [6, 6.07) is 17.8. The molecule has 3 unspecified atom stereocenters. The molecule has 0 aliphatic heterocycles. The third-order valence-corrected chi connectivity index (χ3v) is 4.80. The summed E-state index contributed by atoms with van der Waals surface area (Å²) in [6.45, 7) is 2.01. The Morgan fingerprint density at radius 1 is 1.12 bits per heavy atom. The molecule has 1 aliphatic carbocycles. The first-order valence-corrected chi connectivity index (χ1v) is 9.00. The molecule has 3 N–H and O–H groups in total. The van der Waals surface area contributed by atoms with E-state index in [2.05, 4.69) is 5.32 Å². The van der Waals surface area contributed by atoms with Crippen LogP contribution < -0.4 is 15.8 Å². The zero-order valence-electron chi connectivity index (χ0n) is 15.1. The lowest BCUT2D eigenvalue weighted by molar-refractivity contribution is -0.120. The normalized spacial score (nSPS) is 20.5. The number of hydrogen-bond acceptors (Lipinski definition) is 3. The molecule has 3 rings (SSSR count). The number of para-hydroxylation sites is 2. The lowest BCUT2D eigenvalue weighted by Crippen LogP contribution is -2.34. The van der Waals surface area contributed by atoms with Crippen LogP contribution in [-0.2, 0) is 4.79 Å². The van der Waals surface area contributed by atoms with Crippen LogP contribution in [0.2, 0.25) is 0 Å². The molecule has 0 bridgehead atoms. The number of nitrogens with two attached hydrogens (primary N) is 1. The largest absolute Gasteiger partial charge is 0.484 e. The average molecular weight is 375 g/mol. The average Bonchev–Trinajstić information content (AvgIpc) is 2.64. The van der Waals surface area contributed by atoms with Crippen molar-refractivity contribution in [2.75, 3.05) is 5.32 Å². The van der Waals surface area contributed by atoms with Crippen molar-refractivity contribution in [1.82, 2.24) is 0 Å². The Balaban J connectivity index is 0.00000243. The van der Waals surface area contributed by atoms with Gasteiger partial charge in [-0.2, -0.15) is 0 Å². The second-order valence-corrected chi connectivity index (χ2v) is 6.78. The molecule has 5 heteroatoms. The summed E-state index contributed by atoms with van der Waals surface area (Å²) in [4.78, 5) is 12.6. The van der Waals surface area contributed by atoms with Crippen LogP contribution in [0.5, 0.6) is 5.75 Å². The molecule has 0 radical (unpaired) electrons. The second-order valence-electron chi connectivity index (χ2n) is 6.78. The highest BCUT2D eigenvalue weighted by atomic mass is 35.5. The van der Waals surface area contributed by atoms with E-state index >= 15 is 0 Å². The van der Waals surface area contributed by atoms with Gasteiger partial charge < -0.3 is 15.8 Å². The van der Waals surface area contributed by atoms with Gasteiger partial charge in [-0.1, -0.05) is 48.9 Å². The van der Waals surface area contributed by atoms with Crippen molar-refractivity contribution in [3.8, 4) is 5.75 Å². The maximum Gasteiger partial charge on any atom is 0.227 e. The van der Waals surface area contributed by atoms with E-state index in [1.54, 1.807) is 0 Å². The molecule has 0 saturated heterocycles. The van der Waals surface area contributed by atoms with Gasteiger partial charge in [-0.15, -0.1) is 12.4 Å².